The Morgan fingerprint density at radius 3 is 2.86 bits per heavy atom. The van der Waals surface area contributed by atoms with Gasteiger partial charge in [-0.25, -0.2) is 5.43 Å². The molecule has 5 nitrogen and oxygen atoms in total. The van der Waals surface area contributed by atoms with Gasteiger partial charge in [-0.1, -0.05) is 30.9 Å². The molecule has 0 aliphatic carbocycles. The van der Waals surface area contributed by atoms with Crippen LogP contribution in [0.2, 0.25) is 0 Å². The van der Waals surface area contributed by atoms with Crippen molar-refractivity contribution >= 4 is 12.1 Å². The summed E-state index contributed by atoms with van der Waals surface area (Å²) in [5, 5.41) is 13.2. The van der Waals surface area contributed by atoms with Crippen molar-refractivity contribution in [2.24, 2.45) is 5.10 Å². The minimum Gasteiger partial charge on any atom is -0.508 e. The number of hydrogen-bond donors (Lipinski definition) is 2. The third kappa shape index (κ3) is 4.21. The largest absolute Gasteiger partial charge is 0.508 e. The maximum Gasteiger partial charge on any atom is 0.271 e. The van der Waals surface area contributed by atoms with Crippen LogP contribution in [-0.2, 0) is 0 Å². The number of nitrogens with one attached hydrogen (secondary N) is 1. The van der Waals surface area contributed by atoms with Gasteiger partial charge in [-0.3, -0.25) is 4.79 Å². The molecule has 112 valence electrons. The summed E-state index contributed by atoms with van der Waals surface area (Å²) in [6, 6.07) is 13.4. The summed E-state index contributed by atoms with van der Waals surface area (Å²) in [5.41, 5.74) is 3.47. The fourth-order valence-electron chi connectivity index (χ4n) is 1.74. The van der Waals surface area contributed by atoms with Crippen molar-refractivity contribution < 1.29 is 14.6 Å². The van der Waals surface area contributed by atoms with E-state index in [1.807, 2.05) is 24.3 Å². The average Bonchev–Trinajstić information content (AvgIpc) is 2.54. The number of carbonyl (C=O) groups is 1. The van der Waals surface area contributed by atoms with Gasteiger partial charge in [-0.15, -0.1) is 0 Å². The number of nitrogens with zero attached hydrogens (tertiary/aromatic N) is 1. The van der Waals surface area contributed by atoms with Gasteiger partial charge in [0.25, 0.3) is 5.91 Å². The quantitative estimate of drug-likeness (QED) is 0.489. The molecule has 0 bridgehead atoms. The fourth-order valence-corrected chi connectivity index (χ4v) is 1.74. The molecule has 22 heavy (non-hydrogen) atoms. The highest BCUT2D eigenvalue weighted by molar-refractivity contribution is 5.95. The molecule has 2 aromatic rings. The number of phenolic OH excluding ortho intramolecular Hbond substituents is 1. The zero-order valence-corrected chi connectivity index (χ0v) is 11.9. The molecule has 2 rings (SSSR count). The number of phenols is 1. The Kier molecular flexibility index (Phi) is 5.31. The normalized spacial score (nSPS) is 10.4. The SMILES string of the molecule is C=CCOc1ccccc1/C=N\NC(=O)c1cccc(O)c1. The van der Waals surface area contributed by atoms with Gasteiger partial charge < -0.3 is 9.84 Å². The van der Waals surface area contributed by atoms with Crippen molar-refractivity contribution in [3.05, 3.63) is 72.3 Å². The van der Waals surface area contributed by atoms with Crippen LogP contribution in [-0.4, -0.2) is 23.8 Å². The molecule has 0 unspecified atom stereocenters. The summed E-state index contributed by atoms with van der Waals surface area (Å²) in [5.74, 6) is 0.272. The average molecular weight is 296 g/mol. The van der Waals surface area contributed by atoms with E-state index >= 15 is 0 Å². The van der Waals surface area contributed by atoms with Gasteiger partial charge >= 0.3 is 0 Å². The monoisotopic (exact) mass is 296 g/mol. The Morgan fingerprint density at radius 2 is 2.09 bits per heavy atom. The van der Waals surface area contributed by atoms with E-state index in [0.29, 0.717) is 17.9 Å². The molecule has 5 heteroatoms. The zero-order chi connectivity index (χ0) is 15.8. The molecule has 0 atom stereocenters. The van der Waals surface area contributed by atoms with Crippen LogP contribution >= 0.6 is 0 Å². The number of rotatable bonds is 6. The Morgan fingerprint density at radius 1 is 1.27 bits per heavy atom. The van der Waals surface area contributed by atoms with Crippen LogP contribution in [0.5, 0.6) is 11.5 Å². The smallest absolute Gasteiger partial charge is 0.271 e. The highest BCUT2D eigenvalue weighted by Crippen LogP contribution is 2.15. The minimum atomic E-state index is -0.406. The molecular weight excluding hydrogens is 280 g/mol. The van der Waals surface area contributed by atoms with E-state index in [1.165, 1.54) is 18.3 Å². The second kappa shape index (κ2) is 7.64. The van der Waals surface area contributed by atoms with Crippen LogP contribution in [0.3, 0.4) is 0 Å². The summed E-state index contributed by atoms with van der Waals surface area (Å²) < 4.78 is 5.49. The van der Waals surface area contributed by atoms with Gasteiger partial charge in [0.05, 0.1) is 6.21 Å². The van der Waals surface area contributed by atoms with Crippen molar-refractivity contribution in [3.8, 4) is 11.5 Å². The number of carbonyl (C=O) groups excluding carboxylic acids is 1. The lowest BCUT2D eigenvalue weighted by atomic mass is 10.2. The van der Waals surface area contributed by atoms with E-state index in [-0.39, 0.29) is 5.75 Å². The highest BCUT2D eigenvalue weighted by Gasteiger charge is 2.04. The second-order valence-corrected chi connectivity index (χ2v) is 4.39. The van der Waals surface area contributed by atoms with E-state index in [2.05, 4.69) is 17.1 Å². The Labute approximate surface area is 128 Å². The Balaban J connectivity index is 2.03. The molecule has 0 fully saturated rings. The van der Waals surface area contributed by atoms with Gasteiger partial charge in [0.15, 0.2) is 0 Å². The van der Waals surface area contributed by atoms with Crippen molar-refractivity contribution in [3.63, 3.8) is 0 Å². The van der Waals surface area contributed by atoms with Crippen molar-refractivity contribution in [2.75, 3.05) is 6.61 Å². The predicted octanol–water partition coefficient (Wildman–Crippen LogP) is 2.72. The second-order valence-electron chi connectivity index (χ2n) is 4.39. The van der Waals surface area contributed by atoms with Gasteiger partial charge in [-0.05, 0) is 30.3 Å². The van der Waals surface area contributed by atoms with Gasteiger partial charge in [0.2, 0.25) is 0 Å². The van der Waals surface area contributed by atoms with E-state index in [9.17, 15) is 9.90 Å². The van der Waals surface area contributed by atoms with Crippen LogP contribution in [0.1, 0.15) is 15.9 Å². The van der Waals surface area contributed by atoms with Crippen LogP contribution in [0.25, 0.3) is 0 Å². The lowest BCUT2D eigenvalue weighted by Gasteiger charge is -2.06. The third-order valence-corrected chi connectivity index (χ3v) is 2.75. The van der Waals surface area contributed by atoms with Crippen LogP contribution in [0.4, 0.5) is 0 Å². The van der Waals surface area contributed by atoms with E-state index in [4.69, 9.17) is 4.74 Å². The maximum absolute atomic E-state index is 11.9. The van der Waals surface area contributed by atoms with Gasteiger partial charge in [-0.2, -0.15) is 5.10 Å². The summed E-state index contributed by atoms with van der Waals surface area (Å²) in [6.45, 7) is 3.98. The first-order valence-corrected chi connectivity index (χ1v) is 6.66. The summed E-state index contributed by atoms with van der Waals surface area (Å²) >= 11 is 0. The van der Waals surface area contributed by atoms with E-state index in [0.717, 1.165) is 5.56 Å². The number of hydrogen-bond acceptors (Lipinski definition) is 4. The van der Waals surface area contributed by atoms with Crippen LogP contribution < -0.4 is 10.2 Å². The third-order valence-electron chi connectivity index (χ3n) is 2.75. The number of para-hydroxylation sites is 1. The van der Waals surface area contributed by atoms with Crippen LogP contribution in [0, 0.1) is 0 Å². The number of amides is 1. The summed E-state index contributed by atoms with van der Waals surface area (Å²) in [6.07, 6.45) is 3.15. The molecule has 0 heterocycles. The standard InChI is InChI=1S/C17H16N2O3/c1-2-10-22-16-9-4-3-6-14(16)12-18-19-17(21)13-7-5-8-15(20)11-13/h2-9,11-12,20H,1,10H2,(H,19,21)/b18-12-. The molecule has 0 aliphatic heterocycles. The predicted molar refractivity (Wildman–Crippen MR) is 85.3 cm³/mol. The molecule has 0 aromatic heterocycles. The minimum absolute atomic E-state index is 0.0276. The molecule has 0 saturated heterocycles. The molecule has 1 amide bonds. The Hall–Kier alpha value is -3.08. The highest BCUT2D eigenvalue weighted by atomic mass is 16.5. The molecule has 0 radical (unpaired) electrons. The number of aromatic hydroxyl groups is 1. The topological polar surface area (TPSA) is 70.9 Å². The van der Waals surface area contributed by atoms with Gasteiger partial charge in [0, 0.05) is 11.1 Å². The lowest BCUT2D eigenvalue weighted by Crippen LogP contribution is -2.17. The van der Waals surface area contributed by atoms with E-state index < -0.39 is 5.91 Å². The molecule has 2 N–H and O–H groups in total. The van der Waals surface area contributed by atoms with Crippen molar-refractivity contribution in [1.29, 1.82) is 0 Å². The number of benzene rings is 2. The zero-order valence-electron chi connectivity index (χ0n) is 11.9. The van der Waals surface area contributed by atoms with E-state index in [1.54, 1.807) is 18.2 Å². The first kappa shape index (κ1) is 15.3. The molecule has 2 aromatic carbocycles. The molecule has 0 saturated carbocycles. The molecule has 0 aliphatic rings. The summed E-state index contributed by atoms with van der Waals surface area (Å²) in [4.78, 5) is 11.9. The molecular formula is C17H16N2O3. The van der Waals surface area contributed by atoms with Crippen molar-refractivity contribution in [2.45, 2.75) is 0 Å². The summed E-state index contributed by atoms with van der Waals surface area (Å²) in [7, 11) is 0. The maximum atomic E-state index is 11.9. The lowest BCUT2D eigenvalue weighted by molar-refractivity contribution is 0.0954. The van der Waals surface area contributed by atoms with Crippen LogP contribution in [0.15, 0.2) is 66.3 Å². The van der Waals surface area contributed by atoms with Gasteiger partial charge in [0.1, 0.15) is 18.1 Å². The molecule has 0 spiro atoms. The Bertz CT molecular complexity index is 696. The van der Waals surface area contributed by atoms with Crippen molar-refractivity contribution in [1.82, 2.24) is 5.43 Å². The number of hydrazone groups is 1. The fraction of sp³-hybridized carbons (Fsp3) is 0.0588. The first-order valence-electron chi connectivity index (χ1n) is 6.66. The first-order chi connectivity index (χ1) is 10.7. The number of ether oxygens (including phenoxy) is 1.